The molecule has 14 heavy (non-hydrogen) atoms. The molecule has 0 fully saturated rings. The zero-order valence-corrected chi connectivity index (χ0v) is 9.76. The van der Waals surface area contributed by atoms with Crippen molar-refractivity contribution in [2.75, 3.05) is 0 Å². The van der Waals surface area contributed by atoms with E-state index in [0.717, 1.165) is 11.0 Å². The van der Waals surface area contributed by atoms with Crippen molar-refractivity contribution in [1.29, 1.82) is 0 Å². The number of nitrogens with zero attached hydrogens (tertiary/aromatic N) is 3. The van der Waals surface area contributed by atoms with Crippen molar-refractivity contribution in [2.45, 2.75) is 37.6 Å². The van der Waals surface area contributed by atoms with Gasteiger partial charge in [0.2, 0.25) is 0 Å². The lowest BCUT2D eigenvalue weighted by Gasteiger charge is -2.07. The van der Waals surface area contributed by atoms with E-state index in [2.05, 4.69) is 10.2 Å². The van der Waals surface area contributed by atoms with Crippen molar-refractivity contribution in [3.05, 3.63) is 5.82 Å². The number of carbonyl (C=O) groups is 1. The van der Waals surface area contributed by atoms with E-state index in [1.165, 1.54) is 0 Å². The molecule has 0 amide bonds. The van der Waals surface area contributed by atoms with Gasteiger partial charge in [0, 0.05) is 18.7 Å². The molecule has 0 saturated heterocycles. The second kappa shape index (κ2) is 4.59. The molecular formula is C9H15N3OS. The van der Waals surface area contributed by atoms with E-state index in [9.17, 15) is 4.79 Å². The molecule has 4 nitrogen and oxygen atoms in total. The number of carbonyl (C=O) groups excluding carboxylic acids is 1. The van der Waals surface area contributed by atoms with Gasteiger partial charge >= 0.3 is 0 Å². The molecule has 0 radical (unpaired) electrons. The van der Waals surface area contributed by atoms with Crippen LogP contribution in [0.25, 0.3) is 0 Å². The molecule has 0 aliphatic heterocycles. The minimum Gasteiger partial charge on any atom is -0.309 e. The number of hydrogen-bond acceptors (Lipinski definition) is 4. The molecule has 0 spiro atoms. The predicted octanol–water partition coefficient (Wildman–Crippen LogP) is 1.58. The highest BCUT2D eigenvalue weighted by atomic mass is 32.2. The molecule has 0 N–H and O–H groups in total. The highest BCUT2D eigenvalue weighted by Gasteiger charge is 2.12. The van der Waals surface area contributed by atoms with Crippen LogP contribution < -0.4 is 0 Å². The second-order valence-electron chi connectivity index (χ2n) is 3.42. The molecule has 0 aliphatic rings. The van der Waals surface area contributed by atoms with Gasteiger partial charge in [-0.3, -0.25) is 4.79 Å². The molecule has 1 aromatic heterocycles. The maximum Gasteiger partial charge on any atom is 0.191 e. The Morgan fingerprint density at radius 2 is 2.21 bits per heavy atom. The van der Waals surface area contributed by atoms with Crippen LogP contribution in [-0.2, 0) is 11.8 Å². The van der Waals surface area contributed by atoms with Gasteiger partial charge in [0.05, 0.1) is 0 Å². The fraction of sp³-hybridized carbons (Fsp3) is 0.667. The van der Waals surface area contributed by atoms with E-state index in [1.54, 1.807) is 18.7 Å². The van der Waals surface area contributed by atoms with Crippen LogP contribution in [0.5, 0.6) is 0 Å². The van der Waals surface area contributed by atoms with Gasteiger partial charge in [-0.25, -0.2) is 0 Å². The lowest BCUT2D eigenvalue weighted by atomic mass is 10.2. The van der Waals surface area contributed by atoms with Gasteiger partial charge in [-0.1, -0.05) is 18.7 Å². The summed E-state index contributed by atoms with van der Waals surface area (Å²) in [5, 5.41) is 9.11. The monoisotopic (exact) mass is 213 g/mol. The summed E-state index contributed by atoms with van der Waals surface area (Å²) < 4.78 is 1.93. The number of rotatable bonds is 4. The fourth-order valence-corrected chi connectivity index (χ4v) is 2.17. The molecule has 1 unspecified atom stereocenters. The summed E-state index contributed by atoms with van der Waals surface area (Å²) in [7, 11) is 1.93. The minimum atomic E-state index is 0.212. The molecule has 0 aliphatic carbocycles. The Labute approximate surface area is 88.1 Å². The molecule has 5 heteroatoms. The van der Waals surface area contributed by atoms with E-state index in [0.29, 0.717) is 6.42 Å². The van der Waals surface area contributed by atoms with Gasteiger partial charge in [-0.05, 0) is 13.8 Å². The van der Waals surface area contributed by atoms with E-state index in [-0.39, 0.29) is 11.0 Å². The van der Waals surface area contributed by atoms with Gasteiger partial charge in [0.1, 0.15) is 11.6 Å². The number of aryl methyl sites for hydroxylation is 1. The summed E-state index contributed by atoms with van der Waals surface area (Å²) >= 11 is 1.59. The Morgan fingerprint density at radius 1 is 1.57 bits per heavy atom. The summed E-state index contributed by atoms with van der Waals surface area (Å²) in [6, 6.07) is 0. The molecule has 0 saturated carbocycles. The van der Waals surface area contributed by atoms with Crippen LogP contribution in [0, 0.1) is 6.92 Å². The zero-order chi connectivity index (χ0) is 10.7. The van der Waals surface area contributed by atoms with Crippen LogP contribution in [0.15, 0.2) is 5.16 Å². The number of thioether (sulfide) groups is 1. The smallest absolute Gasteiger partial charge is 0.191 e. The quantitative estimate of drug-likeness (QED) is 0.712. The van der Waals surface area contributed by atoms with Crippen molar-refractivity contribution >= 4 is 17.5 Å². The molecule has 0 aromatic carbocycles. The van der Waals surface area contributed by atoms with Crippen LogP contribution in [0.1, 0.15) is 26.1 Å². The average molecular weight is 213 g/mol. The third-order valence-electron chi connectivity index (χ3n) is 1.93. The summed E-state index contributed by atoms with van der Waals surface area (Å²) in [5.41, 5.74) is 0. The lowest BCUT2D eigenvalue weighted by molar-refractivity contribution is -0.116. The van der Waals surface area contributed by atoms with Crippen LogP contribution in [0.3, 0.4) is 0 Å². The number of Topliss-reactive ketones (excluding diaryl/α,β-unsaturated/α-hetero) is 1. The Hall–Kier alpha value is -0.840. The molecule has 1 aromatic rings. The van der Waals surface area contributed by atoms with E-state index in [1.807, 2.05) is 25.5 Å². The Bertz CT molecular complexity index is 335. The Kier molecular flexibility index (Phi) is 3.69. The third kappa shape index (κ3) is 2.83. The first-order chi connectivity index (χ1) is 6.50. The van der Waals surface area contributed by atoms with Crippen molar-refractivity contribution in [3.8, 4) is 0 Å². The lowest BCUT2D eigenvalue weighted by Crippen LogP contribution is -2.05. The molecular weight excluding hydrogens is 198 g/mol. The maximum atomic E-state index is 10.9. The standard InChI is InChI=1S/C9H15N3OS/c1-6(13)5-7(2)14-9-11-10-8(3)12(9)4/h7H,5H2,1-4H3. The summed E-state index contributed by atoms with van der Waals surface area (Å²) in [6.45, 7) is 5.54. The molecule has 1 heterocycles. The minimum absolute atomic E-state index is 0.212. The molecule has 78 valence electrons. The zero-order valence-electron chi connectivity index (χ0n) is 8.94. The van der Waals surface area contributed by atoms with E-state index >= 15 is 0 Å². The third-order valence-corrected chi connectivity index (χ3v) is 3.07. The summed E-state index contributed by atoms with van der Waals surface area (Å²) in [4.78, 5) is 10.9. The number of aromatic nitrogens is 3. The Morgan fingerprint density at radius 3 is 2.64 bits per heavy atom. The normalized spacial score (nSPS) is 12.9. The summed E-state index contributed by atoms with van der Waals surface area (Å²) in [6.07, 6.45) is 0.580. The Balaban J connectivity index is 2.60. The van der Waals surface area contributed by atoms with Crippen molar-refractivity contribution in [3.63, 3.8) is 0 Å². The number of hydrogen-bond donors (Lipinski definition) is 0. The van der Waals surface area contributed by atoms with E-state index < -0.39 is 0 Å². The largest absolute Gasteiger partial charge is 0.309 e. The fourth-order valence-electron chi connectivity index (χ4n) is 1.12. The first kappa shape index (κ1) is 11.2. The maximum absolute atomic E-state index is 10.9. The van der Waals surface area contributed by atoms with Crippen LogP contribution in [0.4, 0.5) is 0 Å². The second-order valence-corrected chi connectivity index (χ2v) is 4.83. The van der Waals surface area contributed by atoms with E-state index in [4.69, 9.17) is 0 Å². The average Bonchev–Trinajstić information content (AvgIpc) is 2.34. The summed E-state index contributed by atoms with van der Waals surface area (Å²) in [5.74, 6) is 1.10. The number of ketones is 1. The molecule has 0 bridgehead atoms. The highest BCUT2D eigenvalue weighted by molar-refractivity contribution is 7.99. The first-order valence-electron chi connectivity index (χ1n) is 4.52. The van der Waals surface area contributed by atoms with Gasteiger partial charge in [-0.2, -0.15) is 0 Å². The molecule has 1 rings (SSSR count). The van der Waals surface area contributed by atoms with Gasteiger partial charge in [-0.15, -0.1) is 10.2 Å². The van der Waals surface area contributed by atoms with Gasteiger partial charge in [0.15, 0.2) is 5.16 Å². The predicted molar refractivity (Wildman–Crippen MR) is 56.4 cm³/mol. The van der Waals surface area contributed by atoms with Crippen LogP contribution in [0.2, 0.25) is 0 Å². The SMILES string of the molecule is CC(=O)CC(C)Sc1nnc(C)n1C. The van der Waals surface area contributed by atoms with Crippen molar-refractivity contribution < 1.29 is 4.79 Å². The first-order valence-corrected chi connectivity index (χ1v) is 5.40. The van der Waals surface area contributed by atoms with Gasteiger partial charge in [0.25, 0.3) is 0 Å². The molecule has 1 atom stereocenters. The topological polar surface area (TPSA) is 47.8 Å². The highest BCUT2D eigenvalue weighted by Crippen LogP contribution is 2.23. The van der Waals surface area contributed by atoms with Gasteiger partial charge < -0.3 is 4.57 Å². The van der Waals surface area contributed by atoms with Crippen molar-refractivity contribution in [1.82, 2.24) is 14.8 Å². The van der Waals surface area contributed by atoms with Crippen molar-refractivity contribution in [2.24, 2.45) is 7.05 Å². The van der Waals surface area contributed by atoms with Crippen LogP contribution >= 0.6 is 11.8 Å². The van der Waals surface area contributed by atoms with Crippen LogP contribution in [-0.4, -0.2) is 25.8 Å².